The van der Waals surface area contributed by atoms with Crippen molar-refractivity contribution in [3.63, 3.8) is 0 Å². The van der Waals surface area contributed by atoms with Gasteiger partial charge in [0.15, 0.2) is 44.0 Å². The number of rotatable bonds is 35. The second kappa shape index (κ2) is 46.4. The van der Waals surface area contributed by atoms with Gasteiger partial charge in [-0.1, -0.05) is 48.5 Å². The zero-order valence-corrected chi connectivity index (χ0v) is 64.1. The summed E-state index contributed by atoms with van der Waals surface area (Å²) in [5, 5.41) is 244. The molecule has 0 spiro atoms. The summed E-state index contributed by atoms with van der Waals surface area (Å²) in [7, 11) is 0. The van der Waals surface area contributed by atoms with Crippen molar-refractivity contribution in [3.8, 4) is 0 Å². The molecule has 658 valence electrons. The fourth-order valence-electron chi connectivity index (χ4n) is 13.4. The third kappa shape index (κ3) is 25.2. The molecule has 14 bridgehead atoms. The first-order valence-electron chi connectivity index (χ1n) is 38.9. The first kappa shape index (κ1) is 95.8. The molecular formula is C70H126O42. The average Bonchev–Trinajstić information content (AvgIpc) is 0.778. The Morgan fingerprint density at radius 2 is 0.286 bits per heavy atom. The minimum absolute atomic E-state index is 0.195. The van der Waals surface area contributed by atoms with Crippen molar-refractivity contribution in [1.82, 2.24) is 0 Å². The lowest BCUT2D eigenvalue weighted by atomic mass is 9.95. The molecular weight excluding hydrogens is 1510 g/mol. The largest absolute Gasteiger partial charge is 0.391 e. The molecule has 42 atom stereocenters. The van der Waals surface area contributed by atoms with E-state index in [0.29, 0.717) is 0 Å². The van der Waals surface area contributed by atoms with Crippen LogP contribution in [0.1, 0.15) is 93.4 Å². The Balaban J connectivity index is 1.22. The van der Waals surface area contributed by atoms with Crippen LogP contribution in [0.15, 0.2) is 0 Å². The van der Waals surface area contributed by atoms with E-state index in [1.54, 1.807) is 48.5 Å². The second-order valence-corrected chi connectivity index (χ2v) is 29.6. The Morgan fingerprint density at radius 3 is 0.384 bits per heavy atom. The van der Waals surface area contributed by atoms with Gasteiger partial charge in [0.05, 0.1) is 135 Å². The molecule has 21 fully saturated rings. The van der Waals surface area contributed by atoms with Crippen LogP contribution < -0.4 is 0 Å². The van der Waals surface area contributed by atoms with E-state index >= 15 is 0 Å². The topological polar surface area (TPSA) is 619 Å². The Labute approximate surface area is 648 Å². The van der Waals surface area contributed by atoms with Gasteiger partial charge in [0, 0.05) is 0 Å². The molecule has 42 heteroatoms. The number of hydrogen-bond acceptors (Lipinski definition) is 42. The number of hydrogen-bond donors (Lipinski definition) is 21. The van der Waals surface area contributed by atoms with E-state index in [0.717, 1.165) is 0 Å². The third-order valence-corrected chi connectivity index (χ3v) is 21.0. The summed E-state index contributed by atoms with van der Waals surface area (Å²) in [6, 6.07) is 0. The lowest BCUT2D eigenvalue weighted by Gasteiger charge is -2.50. The standard InChI is InChI=1S/C70H126O42/c1-8-29(71)15-92-22-36-57-43(78)50(85)64(99-36)107-58-37(23-93-16-30(72)9-2)101-66(52(87)45(58)80)109-60-39(25-95-18-32(74)11-4)103-68(54(89)47(60)82)111-62-41(27-97-20-34(76)13-6)105-70(56(91)49(62)84)112-63-42(28-98-21-35(77)14-7)104-69(55(90)48(63)83)110-61-40(26-96-19-33(75)12-5)102-67(53(88)46(61)81)108-59-38(24-94-17-31(73)10-3)100-65(106-57)51(86)44(59)79/h29-91H,8-28H2,1-7H3/t29?,30?,31?,32?,33?,34?,35?,36-,37-,38-,39-,40-,41-,42-,43-,44-,45-,46-,47-,48-,49-,50-,51-,52-,53-,54-,55-,56?,57-,58-,59-,60-,61-,62-,63-,64-,65-,66-,67-,68-,69-,70-/m1/s1. The Bertz CT molecular complexity index is 2120. The van der Waals surface area contributed by atoms with Gasteiger partial charge < -0.3 is 207 Å². The summed E-state index contributed by atoms with van der Waals surface area (Å²) in [5.74, 6) is 0. The van der Waals surface area contributed by atoms with Crippen molar-refractivity contribution in [1.29, 1.82) is 0 Å². The molecule has 0 aliphatic carbocycles. The Kier molecular flexibility index (Phi) is 39.7. The maximum absolute atomic E-state index is 12.2. The summed E-state index contributed by atoms with van der Waals surface area (Å²) < 4.78 is 128. The van der Waals surface area contributed by atoms with E-state index in [1.165, 1.54) is 0 Å². The van der Waals surface area contributed by atoms with E-state index in [2.05, 4.69) is 0 Å². The molecule has 21 heterocycles. The molecule has 112 heavy (non-hydrogen) atoms. The van der Waals surface area contributed by atoms with Crippen molar-refractivity contribution >= 4 is 0 Å². The van der Waals surface area contributed by atoms with Crippen LogP contribution in [0, 0.1) is 0 Å². The van der Waals surface area contributed by atoms with E-state index in [-0.39, 0.29) is 91.2 Å². The molecule has 21 rings (SSSR count). The highest BCUT2D eigenvalue weighted by molar-refractivity contribution is 5.02. The minimum Gasteiger partial charge on any atom is -0.391 e. The SMILES string of the molecule is CCC(O)COC[C@H]1O[C@@H]2O[C@H]3[C@H](O)[C@@H](O)[C@@H](O[C@H]4[C@H](O)[C@@H](O)[C@@H](O[C@H]5[C@H](O)[C@@H](O)[C@@H](O[C@H]6[C@H](O)[C@@H](O)[C@@H](O[C@H]7[C@H](O)[C@@H](O)[C@@H](O[C@H]8[C@H](O)C(O)[C@@H](O[C@H]1[C@H](O)[C@H]2O)O[C@@H]8COCC(O)CC)O[C@@H]7COCC(O)CC)O[C@@H]6COCC(O)CC)O[C@@H]5COCC(O)CC)O[C@@H]4COCC(O)CC)O[C@@H]3COCC(O)CC. The van der Waals surface area contributed by atoms with Crippen LogP contribution in [0.4, 0.5) is 0 Å². The van der Waals surface area contributed by atoms with Gasteiger partial charge in [0.1, 0.15) is 171 Å². The van der Waals surface area contributed by atoms with E-state index in [4.69, 9.17) is 99.5 Å². The minimum atomic E-state index is -2.25. The van der Waals surface area contributed by atoms with Crippen LogP contribution in [-0.4, -0.2) is 457 Å². The number of ether oxygens (including phenoxy) is 21. The monoisotopic (exact) mass is 1640 g/mol. The van der Waals surface area contributed by atoms with E-state index in [1.807, 2.05) is 0 Å². The maximum atomic E-state index is 12.2. The molecule has 21 saturated heterocycles. The molecule has 0 amide bonds. The van der Waals surface area contributed by atoms with Gasteiger partial charge in [-0.05, 0) is 44.9 Å². The smallest absolute Gasteiger partial charge is 0.187 e. The first-order chi connectivity index (χ1) is 53.4. The van der Waals surface area contributed by atoms with Gasteiger partial charge in [0.2, 0.25) is 0 Å². The Morgan fingerprint density at radius 1 is 0.179 bits per heavy atom. The van der Waals surface area contributed by atoms with Crippen molar-refractivity contribution in [2.75, 3.05) is 92.5 Å². The fraction of sp³-hybridized carbons (Fsp3) is 1.00. The highest BCUT2D eigenvalue weighted by Crippen LogP contribution is 2.40. The van der Waals surface area contributed by atoms with Gasteiger partial charge in [-0.3, -0.25) is 0 Å². The fourth-order valence-corrected chi connectivity index (χ4v) is 13.4. The van der Waals surface area contributed by atoms with Gasteiger partial charge in [0.25, 0.3) is 0 Å². The van der Waals surface area contributed by atoms with Crippen molar-refractivity contribution in [3.05, 3.63) is 0 Å². The molecule has 21 aliphatic rings. The lowest BCUT2D eigenvalue weighted by Crippen LogP contribution is -2.68. The summed E-state index contributed by atoms with van der Waals surface area (Å²) in [5.41, 5.74) is 0. The van der Waals surface area contributed by atoms with Gasteiger partial charge >= 0.3 is 0 Å². The molecule has 21 N–H and O–H groups in total. The quantitative estimate of drug-likeness (QED) is 0.0280. The predicted molar refractivity (Wildman–Crippen MR) is 369 cm³/mol. The Hall–Kier alpha value is -1.68. The third-order valence-electron chi connectivity index (χ3n) is 21.0. The predicted octanol–water partition coefficient (Wildman–Crippen LogP) is -9.66. The lowest BCUT2D eigenvalue weighted by molar-refractivity contribution is -0.398. The molecule has 21 aliphatic heterocycles. The molecule has 0 aromatic carbocycles. The zero-order valence-electron chi connectivity index (χ0n) is 64.1. The van der Waals surface area contributed by atoms with Crippen LogP contribution in [0.25, 0.3) is 0 Å². The summed E-state index contributed by atoms with van der Waals surface area (Å²) in [6.45, 7) is 4.72. The maximum Gasteiger partial charge on any atom is 0.187 e. The van der Waals surface area contributed by atoms with Crippen molar-refractivity contribution < 1.29 is 207 Å². The molecule has 0 aromatic rings. The molecule has 0 radical (unpaired) electrons. The highest BCUT2D eigenvalue weighted by atomic mass is 16.8. The van der Waals surface area contributed by atoms with Crippen LogP contribution in [0.2, 0.25) is 0 Å². The van der Waals surface area contributed by atoms with Gasteiger partial charge in [-0.15, -0.1) is 0 Å². The number of aliphatic hydroxyl groups excluding tert-OH is 21. The molecule has 42 nitrogen and oxygen atoms in total. The van der Waals surface area contributed by atoms with Crippen LogP contribution in [0.3, 0.4) is 0 Å². The van der Waals surface area contributed by atoms with Gasteiger partial charge in [-0.25, -0.2) is 0 Å². The van der Waals surface area contributed by atoms with Crippen molar-refractivity contribution in [2.24, 2.45) is 0 Å². The van der Waals surface area contributed by atoms with Crippen LogP contribution in [0.5, 0.6) is 0 Å². The van der Waals surface area contributed by atoms with Crippen LogP contribution in [-0.2, 0) is 99.5 Å². The van der Waals surface area contributed by atoms with E-state index in [9.17, 15) is 107 Å². The average molecular weight is 1640 g/mol. The van der Waals surface area contributed by atoms with Gasteiger partial charge in [-0.2, -0.15) is 0 Å². The number of aliphatic hydroxyl groups is 21. The first-order valence-corrected chi connectivity index (χ1v) is 38.9. The van der Waals surface area contributed by atoms with E-state index < -0.39 is 304 Å². The van der Waals surface area contributed by atoms with Crippen molar-refractivity contribution in [2.45, 2.75) is 351 Å². The normalized spacial score (nSPS) is 43.9. The summed E-state index contributed by atoms with van der Waals surface area (Å²) >= 11 is 0. The summed E-state index contributed by atoms with van der Waals surface area (Å²) in [4.78, 5) is 0. The highest BCUT2D eigenvalue weighted by Gasteiger charge is 2.60. The molecule has 8 unspecified atom stereocenters. The second-order valence-electron chi connectivity index (χ2n) is 29.6. The van der Waals surface area contributed by atoms with Crippen LogP contribution >= 0.6 is 0 Å². The zero-order chi connectivity index (χ0) is 81.9. The molecule has 0 aromatic heterocycles. The summed E-state index contributed by atoms with van der Waals surface area (Å²) in [6.07, 6.45) is -76.3. The molecule has 0 saturated carbocycles.